The highest BCUT2D eigenvalue weighted by atomic mass is 35.5. The van der Waals surface area contributed by atoms with Gasteiger partial charge < -0.3 is 9.88 Å². The van der Waals surface area contributed by atoms with E-state index in [0.717, 1.165) is 85.7 Å². The summed E-state index contributed by atoms with van der Waals surface area (Å²) >= 11 is 7.83. The first-order valence-corrected chi connectivity index (χ1v) is 20.1. The number of thiophene rings is 1. The summed E-state index contributed by atoms with van der Waals surface area (Å²) in [6.07, 6.45) is 9.96. The highest BCUT2D eigenvalue weighted by Gasteiger charge is 2.31. The summed E-state index contributed by atoms with van der Waals surface area (Å²) in [7, 11) is 1.83. The molecule has 16 heteroatoms. The van der Waals surface area contributed by atoms with Gasteiger partial charge in [0, 0.05) is 65.8 Å². The molecule has 0 radical (unpaired) electrons. The Balaban J connectivity index is 0.890. The predicted octanol–water partition coefficient (Wildman–Crippen LogP) is 5.49. The lowest BCUT2D eigenvalue weighted by Gasteiger charge is -2.30. The maximum Gasteiger partial charge on any atom is 0.243 e. The topological polar surface area (TPSA) is 157 Å². The normalized spacial score (nSPS) is 14.9. The number of aromatic nitrogens is 7. The minimum absolute atomic E-state index is 0.259. The lowest BCUT2D eigenvalue weighted by atomic mass is 10.00. The average molecular weight is 814 g/mol. The first-order valence-electron chi connectivity index (χ1n) is 18.9. The number of imidazole rings is 1. The minimum Gasteiger partial charge on any atom is -0.379 e. The number of likely N-dealkylation sites (N-methyl/N-ethyl adjacent to an activating group) is 1. The maximum atomic E-state index is 12.5. The van der Waals surface area contributed by atoms with Crippen molar-refractivity contribution in [2.24, 2.45) is 4.99 Å². The number of piperidine rings is 1. The van der Waals surface area contributed by atoms with Crippen molar-refractivity contribution in [1.82, 2.24) is 44.3 Å². The molecule has 6 aromatic rings. The molecule has 2 aliphatic rings. The van der Waals surface area contributed by atoms with Crippen LogP contribution >= 0.6 is 22.9 Å². The van der Waals surface area contributed by atoms with Crippen LogP contribution in [0.4, 0.5) is 5.69 Å². The SMILES string of the molecule is Cc1c(C#Cc2cnn(CCCn3cnc(CNc4cccc(C=O)c4CN(C)C4CCC(=O)NC4=O)c3)c2)sc2c1C(c1ccc(Cl)cc1)=NCc1nnc(C)n1-2. The molecule has 1 unspecified atom stereocenters. The zero-order valence-corrected chi connectivity index (χ0v) is 33.8. The summed E-state index contributed by atoms with van der Waals surface area (Å²) in [6, 6.07) is 12.8. The number of aliphatic imine (C=N–C) groups is 1. The van der Waals surface area contributed by atoms with Gasteiger partial charge in [-0.05, 0) is 63.1 Å². The lowest BCUT2D eigenvalue weighted by Crippen LogP contribution is -2.51. The average Bonchev–Trinajstić information content (AvgIpc) is 4.00. The van der Waals surface area contributed by atoms with Crippen molar-refractivity contribution in [1.29, 1.82) is 0 Å². The van der Waals surface area contributed by atoms with Crippen LogP contribution < -0.4 is 10.6 Å². The number of halogens is 1. The van der Waals surface area contributed by atoms with Gasteiger partial charge in [0.05, 0.1) is 47.0 Å². The zero-order valence-electron chi connectivity index (χ0n) is 32.2. The largest absolute Gasteiger partial charge is 0.379 e. The van der Waals surface area contributed by atoms with Gasteiger partial charge in [0.2, 0.25) is 11.8 Å². The molecule has 58 heavy (non-hydrogen) atoms. The molecular weight excluding hydrogens is 774 g/mol. The van der Waals surface area contributed by atoms with Gasteiger partial charge >= 0.3 is 0 Å². The molecular formula is C42H40ClN11O3S. The van der Waals surface area contributed by atoms with E-state index in [1.165, 1.54) is 0 Å². The fourth-order valence-corrected chi connectivity index (χ4v) is 8.68. The summed E-state index contributed by atoms with van der Waals surface area (Å²) in [4.78, 5) is 48.5. The molecule has 2 aliphatic heterocycles. The van der Waals surface area contributed by atoms with Gasteiger partial charge in [-0.1, -0.05) is 47.7 Å². The first kappa shape index (κ1) is 38.7. The minimum atomic E-state index is -0.450. The van der Waals surface area contributed by atoms with E-state index in [4.69, 9.17) is 16.6 Å². The molecule has 2 aromatic carbocycles. The lowest BCUT2D eigenvalue weighted by molar-refractivity contribution is -0.137. The Morgan fingerprint density at radius 2 is 1.93 bits per heavy atom. The van der Waals surface area contributed by atoms with E-state index in [0.29, 0.717) is 43.2 Å². The van der Waals surface area contributed by atoms with Crippen LogP contribution in [0.2, 0.25) is 5.02 Å². The van der Waals surface area contributed by atoms with E-state index < -0.39 is 6.04 Å². The fraction of sp³-hybridized carbons (Fsp3) is 0.286. The van der Waals surface area contributed by atoms with Gasteiger partial charge in [0.15, 0.2) is 5.82 Å². The van der Waals surface area contributed by atoms with E-state index in [-0.39, 0.29) is 18.2 Å². The fourth-order valence-electron chi connectivity index (χ4n) is 7.32. The Kier molecular flexibility index (Phi) is 11.1. The van der Waals surface area contributed by atoms with Crippen LogP contribution in [-0.2, 0) is 42.3 Å². The highest BCUT2D eigenvalue weighted by molar-refractivity contribution is 7.15. The number of imide groups is 1. The number of fused-ring (bicyclic) bond motifs is 3. The third-order valence-electron chi connectivity index (χ3n) is 10.3. The Morgan fingerprint density at radius 3 is 2.74 bits per heavy atom. The van der Waals surface area contributed by atoms with Gasteiger partial charge in [-0.15, -0.1) is 21.5 Å². The van der Waals surface area contributed by atoms with E-state index in [9.17, 15) is 14.4 Å². The van der Waals surface area contributed by atoms with Crippen molar-refractivity contribution in [3.05, 3.63) is 128 Å². The summed E-state index contributed by atoms with van der Waals surface area (Å²) in [5.41, 5.74) is 7.74. The van der Waals surface area contributed by atoms with Crippen LogP contribution in [0.15, 0.2) is 72.4 Å². The highest BCUT2D eigenvalue weighted by Crippen LogP contribution is 2.36. The van der Waals surface area contributed by atoms with Crippen LogP contribution in [0.3, 0.4) is 0 Å². The summed E-state index contributed by atoms with van der Waals surface area (Å²) in [5.74, 6) is 7.76. The maximum absolute atomic E-state index is 12.5. The third-order valence-corrected chi connectivity index (χ3v) is 11.8. The molecule has 294 valence electrons. The molecule has 6 heterocycles. The number of rotatable bonds is 12. The molecule has 2 amide bonds. The number of carbonyl (C=O) groups excluding carboxylic acids is 3. The molecule has 8 rings (SSSR count). The van der Waals surface area contributed by atoms with E-state index >= 15 is 0 Å². The second-order valence-corrected chi connectivity index (χ2v) is 15.8. The van der Waals surface area contributed by atoms with Crippen LogP contribution in [0.1, 0.15) is 79.7 Å². The van der Waals surface area contributed by atoms with Crippen LogP contribution in [-0.4, -0.2) is 75.9 Å². The number of hydrogen-bond donors (Lipinski definition) is 2. The number of hydrogen-bond acceptors (Lipinski definition) is 11. The number of nitrogens with one attached hydrogen (secondary N) is 2. The van der Waals surface area contributed by atoms with Crippen molar-refractivity contribution in [3.63, 3.8) is 0 Å². The quantitative estimate of drug-likeness (QED) is 0.0926. The number of aryl methyl sites for hydroxylation is 3. The summed E-state index contributed by atoms with van der Waals surface area (Å²) in [5, 5.41) is 20.8. The molecule has 0 spiro atoms. The second-order valence-electron chi connectivity index (χ2n) is 14.3. The van der Waals surface area contributed by atoms with Crippen molar-refractivity contribution in [2.75, 3.05) is 12.4 Å². The molecule has 0 aliphatic carbocycles. The van der Waals surface area contributed by atoms with Crippen LogP contribution in [0, 0.1) is 25.7 Å². The second kappa shape index (κ2) is 16.7. The number of carbonyl (C=O) groups is 3. The monoisotopic (exact) mass is 813 g/mol. The standard InChI is InChI=1S/C42H40ClN11O3S/c1-26-36(58-42-39(26)40(29-9-11-31(43)12-10-29)45-20-37-50-49-27(2)54(37)42)14-8-28-18-47-53(21-28)17-5-16-52-22-32(46-25-52)19-44-34-7-4-6-30(24-55)33(34)23-51(3)35-13-15-38(56)48-41(35)57/h4,6-7,9-12,18,21-22,24-25,35,44H,5,13,15-17,19-20,23H2,1-3H3,(H,48,56,57). The van der Waals surface area contributed by atoms with E-state index in [1.807, 2.05) is 78.7 Å². The molecule has 14 nitrogen and oxygen atoms in total. The van der Waals surface area contributed by atoms with Crippen molar-refractivity contribution < 1.29 is 14.4 Å². The smallest absolute Gasteiger partial charge is 0.243 e. The Bertz CT molecular complexity index is 2620. The van der Waals surface area contributed by atoms with Gasteiger partial charge in [-0.3, -0.25) is 38.8 Å². The number of benzene rings is 2. The van der Waals surface area contributed by atoms with Gasteiger partial charge in [0.1, 0.15) is 23.7 Å². The van der Waals surface area contributed by atoms with E-state index in [2.05, 4.69) is 58.8 Å². The number of aldehydes is 1. The first-order chi connectivity index (χ1) is 28.1. The Hall–Kier alpha value is -6.21. The van der Waals surface area contributed by atoms with Gasteiger partial charge in [-0.2, -0.15) is 5.10 Å². The molecule has 4 aromatic heterocycles. The van der Waals surface area contributed by atoms with Gasteiger partial charge in [-0.25, -0.2) is 4.98 Å². The van der Waals surface area contributed by atoms with Crippen LogP contribution in [0.25, 0.3) is 5.00 Å². The molecule has 0 saturated carbocycles. The molecule has 2 N–H and O–H groups in total. The summed E-state index contributed by atoms with van der Waals surface area (Å²) < 4.78 is 6.04. The number of anilines is 1. The Morgan fingerprint density at radius 1 is 1.09 bits per heavy atom. The molecule has 1 saturated heterocycles. The third kappa shape index (κ3) is 8.12. The van der Waals surface area contributed by atoms with Crippen molar-refractivity contribution in [3.8, 4) is 16.8 Å². The zero-order chi connectivity index (χ0) is 40.3. The summed E-state index contributed by atoms with van der Waals surface area (Å²) in [6.45, 7) is 6.73. The predicted molar refractivity (Wildman–Crippen MR) is 221 cm³/mol. The van der Waals surface area contributed by atoms with Gasteiger partial charge in [0.25, 0.3) is 0 Å². The van der Waals surface area contributed by atoms with Crippen molar-refractivity contribution >= 4 is 52.4 Å². The molecule has 1 atom stereocenters. The molecule has 0 bridgehead atoms. The van der Waals surface area contributed by atoms with Crippen LogP contribution in [0.5, 0.6) is 0 Å². The Labute approximate surface area is 344 Å². The number of amides is 2. The number of nitrogens with zero attached hydrogens (tertiary/aromatic N) is 9. The van der Waals surface area contributed by atoms with Crippen molar-refractivity contribution in [2.45, 2.75) is 71.9 Å². The molecule has 1 fully saturated rings. The van der Waals surface area contributed by atoms with E-state index in [1.54, 1.807) is 23.6 Å².